The Hall–Kier alpha value is -2.50. The van der Waals surface area contributed by atoms with Crippen molar-refractivity contribution < 1.29 is 9.53 Å². The second kappa shape index (κ2) is 3.51. The summed E-state index contributed by atoms with van der Waals surface area (Å²) < 4.78 is 6.34. The molecule has 17 heavy (non-hydrogen) atoms. The largest absolute Gasteiger partial charge is 0.464 e. The van der Waals surface area contributed by atoms with Crippen molar-refractivity contribution >= 4 is 22.5 Å². The van der Waals surface area contributed by atoms with Gasteiger partial charge in [-0.05, 0) is 6.07 Å². The molecule has 3 heterocycles. The summed E-state index contributed by atoms with van der Waals surface area (Å²) in [6, 6.07) is 3.57. The van der Waals surface area contributed by atoms with Gasteiger partial charge in [0, 0.05) is 18.5 Å². The quantitative estimate of drug-likeness (QED) is 0.582. The molecular formula is C11H8N4O2. The van der Waals surface area contributed by atoms with Gasteiger partial charge in [-0.25, -0.2) is 19.3 Å². The van der Waals surface area contributed by atoms with Crippen molar-refractivity contribution in [3.63, 3.8) is 0 Å². The molecule has 0 radical (unpaired) electrons. The molecule has 84 valence electrons. The van der Waals surface area contributed by atoms with Crippen molar-refractivity contribution in [1.82, 2.24) is 19.6 Å². The Morgan fingerprint density at radius 1 is 1.29 bits per heavy atom. The maximum Gasteiger partial charge on any atom is 0.357 e. The Morgan fingerprint density at radius 2 is 2.18 bits per heavy atom. The van der Waals surface area contributed by atoms with Gasteiger partial charge in [-0.1, -0.05) is 0 Å². The number of esters is 1. The minimum Gasteiger partial charge on any atom is -0.464 e. The van der Waals surface area contributed by atoms with Gasteiger partial charge in [0.2, 0.25) is 0 Å². The number of nitrogens with zero attached hydrogens (tertiary/aromatic N) is 4. The summed E-state index contributed by atoms with van der Waals surface area (Å²) in [4.78, 5) is 19.8. The van der Waals surface area contributed by atoms with Gasteiger partial charge >= 0.3 is 5.97 Å². The fraction of sp³-hybridized carbons (Fsp3) is 0.0909. The number of hydrogen-bond donors (Lipinski definition) is 0. The Balaban J connectivity index is 2.43. The van der Waals surface area contributed by atoms with Gasteiger partial charge in [0.25, 0.3) is 0 Å². The van der Waals surface area contributed by atoms with Crippen LogP contribution in [0.25, 0.3) is 16.6 Å². The van der Waals surface area contributed by atoms with Crippen LogP contribution in [0.4, 0.5) is 0 Å². The molecule has 0 fully saturated rings. The van der Waals surface area contributed by atoms with E-state index < -0.39 is 5.97 Å². The Labute approximate surface area is 95.9 Å². The molecule has 0 unspecified atom stereocenters. The number of aromatic nitrogens is 4. The third-order valence-corrected chi connectivity index (χ3v) is 2.52. The molecule has 6 nitrogen and oxygen atoms in total. The van der Waals surface area contributed by atoms with E-state index in [1.807, 2.05) is 0 Å². The molecule has 3 aromatic heterocycles. The van der Waals surface area contributed by atoms with E-state index in [1.165, 1.54) is 7.11 Å². The van der Waals surface area contributed by atoms with Crippen LogP contribution in [-0.2, 0) is 4.74 Å². The average molecular weight is 228 g/mol. The van der Waals surface area contributed by atoms with Crippen LogP contribution in [0, 0.1) is 0 Å². The molecule has 0 atom stereocenters. The van der Waals surface area contributed by atoms with E-state index in [1.54, 1.807) is 35.2 Å². The summed E-state index contributed by atoms with van der Waals surface area (Å²) in [7, 11) is 1.32. The van der Waals surface area contributed by atoms with E-state index >= 15 is 0 Å². The number of carbonyl (C=O) groups excluding carboxylic acids is 1. The highest BCUT2D eigenvalue weighted by atomic mass is 16.5. The summed E-state index contributed by atoms with van der Waals surface area (Å²) >= 11 is 0. The molecule has 6 heteroatoms. The highest BCUT2D eigenvalue weighted by Gasteiger charge is 2.13. The molecule has 0 bridgehead atoms. The zero-order chi connectivity index (χ0) is 11.8. The van der Waals surface area contributed by atoms with Gasteiger partial charge in [-0.3, -0.25) is 0 Å². The van der Waals surface area contributed by atoms with E-state index in [0.717, 1.165) is 11.2 Å². The first-order chi connectivity index (χ1) is 8.31. The minimum absolute atomic E-state index is 0.245. The number of pyridine rings is 1. The summed E-state index contributed by atoms with van der Waals surface area (Å²) in [5.74, 6) is -0.482. The highest BCUT2D eigenvalue weighted by Crippen LogP contribution is 2.17. The molecule has 0 amide bonds. The van der Waals surface area contributed by atoms with E-state index in [9.17, 15) is 4.79 Å². The van der Waals surface area contributed by atoms with E-state index in [-0.39, 0.29) is 5.69 Å². The van der Waals surface area contributed by atoms with Gasteiger partial charge in [0.1, 0.15) is 0 Å². The molecule has 0 saturated carbocycles. The van der Waals surface area contributed by atoms with E-state index in [0.29, 0.717) is 5.39 Å². The SMILES string of the molecule is COC(=O)c1nccc2c1cnc1ccnn12. The van der Waals surface area contributed by atoms with Gasteiger partial charge in [-0.15, -0.1) is 0 Å². The van der Waals surface area contributed by atoms with Gasteiger partial charge in [0.05, 0.1) is 24.2 Å². The van der Waals surface area contributed by atoms with Crippen LogP contribution in [0.1, 0.15) is 10.5 Å². The predicted octanol–water partition coefficient (Wildman–Crippen LogP) is 1.06. The van der Waals surface area contributed by atoms with Crippen molar-refractivity contribution in [2.24, 2.45) is 0 Å². The maximum atomic E-state index is 11.6. The maximum absolute atomic E-state index is 11.6. The summed E-state index contributed by atoms with van der Waals surface area (Å²) in [6.07, 6.45) is 4.81. The van der Waals surface area contributed by atoms with Crippen LogP contribution >= 0.6 is 0 Å². The first-order valence-electron chi connectivity index (χ1n) is 4.97. The highest BCUT2D eigenvalue weighted by molar-refractivity contribution is 6.01. The van der Waals surface area contributed by atoms with E-state index in [2.05, 4.69) is 19.8 Å². The minimum atomic E-state index is -0.482. The van der Waals surface area contributed by atoms with Crippen LogP contribution in [0.5, 0.6) is 0 Å². The van der Waals surface area contributed by atoms with Gasteiger partial charge < -0.3 is 4.74 Å². The number of fused-ring (bicyclic) bond motifs is 3. The first-order valence-corrected chi connectivity index (χ1v) is 4.97. The van der Waals surface area contributed by atoms with Gasteiger partial charge in [0.15, 0.2) is 11.3 Å². The number of rotatable bonds is 1. The normalized spacial score (nSPS) is 10.9. The summed E-state index contributed by atoms with van der Waals surface area (Å²) in [5.41, 5.74) is 1.74. The van der Waals surface area contributed by atoms with Crippen molar-refractivity contribution in [3.8, 4) is 0 Å². The lowest BCUT2D eigenvalue weighted by atomic mass is 10.2. The number of hydrogen-bond acceptors (Lipinski definition) is 5. The fourth-order valence-corrected chi connectivity index (χ4v) is 1.74. The summed E-state index contributed by atoms with van der Waals surface area (Å²) in [5, 5.41) is 4.77. The van der Waals surface area contributed by atoms with Gasteiger partial charge in [-0.2, -0.15) is 5.10 Å². The smallest absolute Gasteiger partial charge is 0.357 e. The van der Waals surface area contributed by atoms with Crippen molar-refractivity contribution in [3.05, 3.63) is 36.4 Å². The second-order valence-corrected chi connectivity index (χ2v) is 3.44. The number of methoxy groups -OCH3 is 1. The van der Waals surface area contributed by atoms with Crippen molar-refractivity contribution in [1.29, 1.82) is 0 Å². The van der Waals surface area contributed by atoms with Crippen molar-refractivity contribution in [2.75, 3.05) is 7.11 Å². The average Bonchev–Trinajstić information content (AvgIpc) is 2.85. The standard InChI is InChI=1S/C11H8N4O2/c1-17-11(16)10-7-6-13-9-3-5-14-15(9)8(7)2-4-12-10/h2-6H,1H3. The zero-order valence-electron chi connectivity index (χ0n) is 8.99. The molecule has 0 aromatic carbocycles. The molecule has 0 aliphatic heterocycles. The van der Waals surface area contributed by atoms with Crippen LogP contribution < -0.4 is 0 Å². The van der Waals surface area contributed by atoms with Crippen LogP contribution in [0.15, 0.2) is 30.7 Å². The molecule has 0 aliphatic carbocycles. The monoisotopic (exact) mass is 228 g/mol. The lowest BCUT2D eigenvalue weighted by Crippen LogP contribution is -2.06. The predicted molar refractivity (Wildman–Crippen MR) is 59.6 cm³/mol. The zero-order valence-corrected chi connectivity index (χ0v) is 8.99. The third-order valence-electron chi connectivity index (χ3n) is 2.52. The molecule has 0 aliphatic rings. The first kappa shape index (κ1) is 9.71. The topological polar surface area (TPSA) is 69.4 Å². The Kier molecular flexibility index (Phi) is 2.01. The fourth-order valence-electron chi connectivity index (χ4n) is 1.74. The van der Waals surface area contributed by atoms with Crippen LogP contribution in [0.3, 0.4) is 0 Å². The Bertz CT molecular complexity index is 720. The van der Waals surface area contributed by atoms with E-state index in [4.69, 9.17) is 0 Å². The molecule has 0 saturated heterocycles. The molecule has 3 rings (SSSR count). The molecule has 3 aromatic rings. The lowest BCUT2D eigenvalue weighted by Gasteiger charge is -2.04. The lowest BCUT2D eigenvalue weighted by molar-refractivity contribution is 0.0596. The number of ether oxygens (including phenoxy) is 1. The molecule has 0 spiro atoms. The van der Waals surface area contributed by atoms with Crippen LogP contribution in [-0.4, -0.2) is 32.7 Å². The number of carbonyl (C=O) groups is 1. The van der Waals surface area contributed by atoms with Crippen molar-refractivity contribution in [2.45, 2.75) is 0 Å². The van der Waals surface area contributed by atoms with Crippen LogP contribution in [0.2, 0.25) is 0 Å². The molecular weight excluding hydrogens is 220 g/mol. The molecule has 0 N–H and O–H groups in total. The summed E-state index contributed by atoms with van der Waals surface area (Å²) in [6.45, 7) is 0. The third kappa shape index (κ3) is 1.34. The Morgan fingerprint density at radius 3 is 3.00 bits per heavy atom. The second-order valence-electron chi connectivity index (χ2n) is 3.44.